The molecule has 0 N–H and O–H groups in total. The molecule has 2 atom stereocenters. The smallest absolute Gasteiger partial charge is 0.465 e. The zero-order chi connectivity index (χ0) is 43.4. The fraction of sp³-hybridized carbons (Fsp3) is 0.912. The van der Waals surface area contributed by atoms with Gasteiger partial charge in [-0.2, -0.15) is 13.2 Å². The summed E-state index contributed by atoms with van der Waals surface area (Å²) in [5, 5.41) is 0. The molecule has 0 rings (SSSR count). The van der Waals surface area contributed by atoms with Gasteiger partial charge in [-0.25, -0.2) is 16.8 Å². The Bertz CT molecular complexity index is 1260. The van der Waals surface area contributed by atoms with Gasteiger partial charge in [0, 0.05) is 27.4 Å². The van der Waals surface area contributed by atoms with Crippen molar-refractivity contribution in [3.8, 4) is 0 Å². The van der Waals surface area contributed by atoms with Gasteiger partial charge in [0.1, 0.15) is 6.61 Å². The van der Waals surface area contributed by atoms with Gasteiger partial charge >= 0.3 is 83.6 Å². The Morgan fingerprint density at radius 3 is 1.48 bits per heavy atom. The van der Waals surface area contributed by atoms with E-state index in [1.807, 2.05) is 27.7 Å². The number of halogens is 3. The average Bonchev–Trinajstić information content (AvgIpc) is 3.13. The molecule has 0 aromatic carbocycles. The Kier molecular flexibility index (Phi) is 37.3. The Hall–Kier alpha value is -0.247. The zero-order valence-electron chi connectivity index (χ0n) is 35.6. The number of sulfonamides is 1. The van der Waals surface area contributed by atoms with Crippen molar-refractivity contribution in [2.75, 3.05) is 47.8 Å². The Morgan fingerprint density at radius 2 is 1.09 bits per heavy atom. The minimum Gasteiger partial charge on any atom is -0.465 e. The Balaban J connectivity index is -0.000000365. The van der Waals surface area contributed by atoms with Gasteiger partial charge in [0.25, 0.3) is 0 Å². The van der Waals surface area contributed by atoms with Gasteiger partial charge < -0.3 is 31.6 Å². The minimum absolute atomic E-state index is 0. The van der Waals surface area contributed by atoms with Crippen LogP contribution in [0.5, 0.6) is 0 Å². The zero-order valence-corrected chi connectivity index (χ0v) is 41.3. The number of unbranched alkanes of at least 4 members (excludes halogenated alkanes) is 6. The van der Waals surface area contributed by atoms with Crippen molar-refractivity contribution in [3.63, 3.8) is 0 Å². The molecule has 0 aromatic rings. The molecule has 0 aliphatic carbocycles. The second-order valence-corrected chi connectivity index (χ2v) is 19.3. The quantitative estimate of drug-likeness (QED) is 0.0479. The maximum absolute atomic E-state index is 12.0. The van der Waals surface area contributed by atoms with E-state index in [0.717, 1.165) is 19.3 Å². The molecule has 22 heteroatoms. The van der Waals surface area contributed by atoms with Crippen LogP contribution >= 0.6 is 0 Å². The summed E-state index contributed by atoms with van der Waals surface area (Å²) in [6.45, 7) is 14.4. The number of alkyl halides is 3. The number of esters is 3. The molecule has 15 nitrogen and oxygen atoms in total. The van der Waals surface area contributed by atoms with Crippen molar-refractivity contribution in [2.24, 2.45) is 17.3 Å². The molecular weight excluding hydrogens is 835 g/mol. The van der Waals surface area contributed by atoms with E-state index in [0.29, 0.717) is 32.1 Å². The van der Waals surface area contributed by atoms with Gasteiger partial charge in [-0.05, 0) is 46.0 Å². The van der Waals surface area contributed by atoms with Gasteiger partial charge in [-0.15, -0.1) is 0 Å². The predicted octanol–water partition coefficient (Wildman–Crippen LogP) is 4.62. The van der Waals surface area contributed by atoms with Crippen molar-refractivity contribution >= 4 is 47.0 Å². The summed E-state index contributed by atoms with van der Waals surface area (Å²) in [6, 6.07) is 0.643. The van der Waals surface area contributed by atoms with Crippen LogP contribution in [0, 0.1) is 17.3 Å². The monoisotopic (exact) mass is 901 g/mol. The average molecular weight is 902 g/mol. The van der Waals surface area contributed by atoms with Crippen LogP contribution in [0.2, 0.25) is 6.04 Å². The van der Waals surface area contributed by atoms with Gasteiger partial charge in [0.15, 0.2) is 10.0 Å². The van der Waals surface area contributed by atoms with Crippen LogP contribution < -0.4 is 51.4 Å². The van der Waals surface area contributed by atoms with Gasteiger partial charge in [0.05, 0.1) is 37.1 Å². The molecule has 0 heterocycles. The van der Waals surface area contributed by atoms with Crippen molar-refractivity contribution < 1.29 is 127 Å². The minimum atomic E-state index is -6.23. The third-order valence-electron chi connectivity index (χ3n) is 8.29. The molecule has 330 valence electrons. The van der Waals surface area contributed by atoms with E-state index in [2.05, 4.69) is 15.8 Å². The van der Waals surface area contributed by atoms with Crippen molar-refractivity contribution in [3.05, 3.63) is 4.13 Å². The van der Waals surface area contributed by atoms with E-state index in [1.165, 1.54) is 38.5 Å². The van der Waals surface area contributed by atoms with Crippen molar-refractivity contribution in [1.82, 2.24) is 0 Å². The topological polar surface area (TPSA) is 198 Å². The summed E-state index contributed by atoms with van der Waals surface area (Å²) < 4.78 is 115. The van der Waals surface area contributed by atoms with Crippen molar-refractivity contribution in [1.29, 1.82) is 0 Å². The van der Waals surface area contributed by atoms with E-state index in [9.17, 15) is 44.4 Å². The maximum atomic E-state index is 12.0. The molecule has 0 aliphatic heterocycles. The molecule has 0 radical (unpaired) electrons. The molecule has 0 fully saturated rings. The first-order valence-electron chi connectivity index (χ1n) is 18.5. The van der Waals surface area contributed by atoms with E-state index in [4.69, 9.17) is 22.8 Å². The molecule has 56 heavy (non-hydrogen) atoms. The van der Waals surface area contributed by atoms with Gasteiger partial charge in [-0.3, -0.25) is 18.6 Å². The summed E-state index contributed by atoms with van der Waals surface area (Å²) in [5.74, 6) is -0.829. The molecule has 0 bridgehead atoms. The molecule has 0 amide bonds. The third kappa shape index (κ3) is 29.9. The van der Waals surface area contributed by atoms with Crippen LogP contribution in [-0.4, -0.2) is 96.8 Å². The number of ether oxygens (including phenoxy) is 3. The van der Waals surface area contributed by atoms with Gasteiger partial charge in [-0.1, -0.05) is 80.1 Å². The SMILES string of the molecule is CCC(C)(C)C(=O)OCCOS(=O)(=O)[N-]S(=O)(=O)C(F)(F)F.CCC(C)C(=O)OCCC[Si](OC)(OC)OC.CCCCCCCCCOC(=O)C(C)CC.[K+]. The number of nitrogens with zero attached hydrogens (tertiary/aromatic N) is 1. The summed E-state index contributed by atoms with van der Waals surface area (Å²) in [4.78, 5) is 34.2. The van der Waals surface area contributed by atoms with E-state index in [1.54, 1.807) is 46.2 Å². The molecule has 0 saturated carbocycles. The fourth-order valence-corrected chi connectivity index (χ4v) is 7.10. The second-order valence-electron chi connectivity index (χ2n) is 13.1. The summed E-state index contributed by atoms with van der Waals surface area (Å²) >= 11 is 0. The molecule has 0 saturated heterocycles. The van der Waals surface area contributed by atoms with Crippen LogP contribution in [-0.2, 0) is 66.4 Å². The molecule has 0 aliphatic rings. The van der Waals surface area contributed by atoms with E-state index in [-0.39, 0.29) is 75.2 Å². The van der Waals surface area contributed by atoms with Crippen LogP contribution in [0.25, 0.3) is 4.13 Å². The largest absolute Gasteiger partial charge is 1.00 e. The van der Waals surface area contributed by atoms with E-state index < -0.39 is 59.2 Å². The first-order chi connectivity index (χ1) is 25.4. The number of hydrogen-bond donors (Lipinski definition) is 0. The summed E-state index contributed by atoms with van der Waals surface area (Å²) in [7, 11) is -9.36. The van der Waals surface area contributed by atoms with Gasteiger partial charge in [0.2, 0.25) is 10.3 Å². The number of hydrogen-bond acceptors (Lipinski definition) is 14. The predicted molar refractivity (Wildman–Crippen MR) is 203 cm³/mol. The van der Waals surface area contributed by atoms with Crippen molar-refractivity contribution in [2.45, 2.75) is 138 Å². The summed E-state index contributed by atoms with van der Waals surface area (Å²) in [6.07, 6.45) is 11.6. The number of rotatable bonds is 27. The number of carbonyl (C=O) groups excluding carboxylic acids is 3. The van der Waals surface area contributed by atoms with Crippen LogP contribution in [0.4, 0.5) is 13.2 Å². The van der Waals surface area contributed by atoms with Crippen LogP contribution in [0.15, 0.2) is 0 Å². The standard InChI is InChI=1S/C14H28O2.C11H24O5Si.C9H15F3NO7S2.K/c1-4-6-7-8-9-10-11-12-16-14(15)13(3)5-2;1-6-10(2)11(12)16-8-7-9-17(13-3,14-4)15-5;1-4-8(2,3)7(14)19-5-6-20-22(17,18)13-21(15,16)9(10,11)12;/h13H,4-12H2,1-3H3;10H,6-9H2,1-5H3;4-6H2,1-3H3;/q;;-1;+1. The maximum Gasteiger partial charge on any atom is 1.00 e. The fourth-order valence-electron chi connectivity index (χ4n) is 3.66. The molecule has 0 aromatic heterocycles. The molecular formula is C34H67F3KNO14S2Si. The summed E-state index contributed by atoms with van der Waals surface area (Å²) in [5.41, 5.74) is -6.69. The second kappa shape index (κ2) is 33.5. The first-order valence-corrected chi connectivity index (χ1v) is 23.3. The molecule has 2 unspecified atom stereocenters. The van der Waals surface area contributed by atoms with E-state index >= 15 is 0 Å². The third-order valence-corrected chi connectivity index (χ3v) is 13.7. The van der Waals surface area contributed by atoms with Crippen LogP contribution in [0.1, 0.15) is 126 Å². The Labute approximate surface area is 378 Å². The first kappa shape index (κ1) is 62.4. The Morgan fingerprint density at radius 1 is 0.661 bits per heavy atom. The van der Waals surface area contributed by atoms with Crippen LogP contribution in [0.3, 0.4) is 0 Å². The number of carbonyl (C=O) groups is 3. The normalized spacial score (nSPS) is 13.1. The molecule has 0 spiro atoms.